The molecule has 1 aliphatic carbocycles. The summed E-state index contributed by atoms with van der Waals surface area (Å²) in [5.74, 6) is 0.727. The summed E-state index contributed by atoms with van der Waals surface area (Å²) in [6.07, 6.45) is 4.16. The van der Waals surface area contributed by atoms with Crippen LogP contribution in [0.5, 0.6) is 5.88 Å². The van der Waals surface area contributed by atoms with Crippen LogP contribution >= 0.6 is 0 Å². The molecule has 4 rings (SSSR count). The largest absolute Gasteiger partial charge is 0.481 e. The monoisotopic (exact) mass is 497 g/mol. The van der Waals surface area contributed by atoms with E-state index in [9.17, 15) is 18.0 Å². The van der Waals surface area contributed by atoms with Crippen LogP contribution in [0.4, 0.5) is 18.9 Å². The van der Waals surface area contributed by atoms with E-state index in [1.165, 1.54) is 6.20 Å². The number of rotatable bonds is 10. The Bertz CT molecular complexity index is 1180. The minimum Gasteiger partial charge on any atom is -0.481 e. The van der Waals surface area contributed by atoms with Gasteiger partial charge in [-0.25, -0.2) is 4.98 Å². The maximum Gasteiger partial charge on any atom is 0.416 e. The van der Waals surface area contributed by atoms with Gasteiger partial charge in [-0.3, -0.25) is 9.78 Å². The number of carbonyl (C=O) groups excluding carboxylic acids is 1. The fourth-order valence-electron chi connectivity index (χ4n) is 4.34. The molecule has 36 heavy (non-hydrogen) atoms. The van der Waals surface area contributed by atoms with Crippen LogP contribution in [-0.2, 0) is 17.4 Å². The lowest BCUT2D eigenvalue weighted by Gasteiger charge is -2.32. The molecule has 1 amide bonds. The summed E-state index contributed by atoms with van der Waals surface area (Å²) in [6.45, 7) is 0.564. The molecule has 1 fully saturated rings. The first-order chi connectivity index (χ1) is 17.3. The number of halogens is 3. The number of hydrogen-bond acceptors (Lipinski definition) is 4. The third-order valence-corrected chi connectivity index (χ3v) is 6.61. The molecule has 1 aliphatic rings. The van der Waals surface area contributed by atoms with Crippen molar-refractivity contribution in [3.05, 3.63) is 72.2 Å². The van der Waals surface area contributed by atoms with Crippen molar-refractivity contribution in [3.63, 3.8) is 0 Å². The van der Waals surface area contributed by atoms with Gasteiger partial charge in [-0.05, 0) is 73.6 Å². The molecular weight excluding hydrogens is 467 g/mol. The van der Waals surface area contributed by atoms with Crippen LogP contribution in [-0.4, -0.2) is 29.5 Å². The topological polar surface area (TPSA) is 55.3 Å². The van der Waals surface area contributed by atoms with Gasteiger partial charge in [-0.1, -0.05) is 25.0 Å². The predicted molar refractivity (Wildman–Crippen MR) is 133 cm³/mol. The Kier molecular flexibility index (Phi) is 8.23. The van der Waals surface area contributed by atoms with Gasteiger partial charge >= 0.3 is 6.18 Å². The molecule has 0 unspecified atom stereocenters. The van der Waals surface area contributed by atoms with Gasteiger partial charge in [0.15, 0.2) is 0 Å². The first-order valence-electron chi connectivity index (χ1n) is 12.3. The van der Waals surface area contributed by atoms with E-state index in [1.807, 2.05) is 41.3 Å². The second kappa shape index (κ2) is 11.5. The first kappa shape index (κ1) is 25.7. The van der Waals surface area contributed by atoms with Crippen molar-refractivity contribution in [1.29, 1.82) is 0 Å². The number of nitrogens with zero attached hydrogens (tertiary/aromatic N) is 3. The molecule has 0 saturated heterocycles. The molecule has 0 atom stereocenters. The van der Waals surface area contributed by atoms with Crippen molar-refractivity contribution in [3.8, 4) is 17.0 Å². The van der Waals surface area contributed by atoms with Gasteiger partial charge in [-0.15, -0.1) is 0 Å². The summed E-state index contributed by atoms with van der Waals surface area (Å²) in [4.78, 5) is 23.4. The van der Waals surface area contributed by atoms with Crippen molar-refractivity contribution in [2.75, 3.05) is 18.6 Å². The van der Waals surface area contributed by atoms with Crippen LogP contribution in [0, 0.1) is 5.92 Å². The summed E-state index contributed by atoms with van der Waals surface area (Å²) < 4.78 is 44.0. The van der Waals surface area contributed by atoms with Gasteiger partial charge in [-0.2, -0.15) is 13.2 Å². The number of aryl methyl sites for hydroxylation is 1. The summed E-state index contributed by atoms with van der Waals surface area (Å²) >= 11 is 0. The Morgan fingerprint density at radius 1 is 1.00 bits per heavy atom. The molecule has 0 N–H and O–H groups in total. The number of hydrogen-bond donors (Lipinski definition) is 0. The predicted octanol–water partition coefficient (Wildman–Crippen LogP) is 6.72. The lowest BCUT2D eigenvalue weighted by Crippen LogP contribution is -2.39. The van der Waals surface area contributed by atoms with Gasteiger partial charge in [0.25, 0.3) is 0 Å². The number of amides is 1. The lowest BCUT2D eigenvalue weighted by molar-refractivity contribution is -0.137. The number of unbranched alkanes of at least 4 members (excludes halogenated alkanes) is 2. The Morgan fingerprint density at radius 3 is 2.50 bits per heavy atom. The van der Waals surface area contributed by atoms with Gasteiger partial charge < -0.3 is 9.64 Å². The number of aromatic nitrogens is 2. The maximum atomic E-state index is 13.3. The summed E-state index contributed by atoms with van der Waals surface area (Å²) in [5.41, 5.74) is 2.53. The molecule has 5 nitrogen and oxygen atoms in total. The summed E-state index contributed by atoms with van der Waals surface area (Å²) in [7, 11) is 1.57. The first-order valence-corrected chi connectivity index (χ1v) is 12.3. The van der Waals surface area contributed by atoms with Gasteiger partial charge in [0.1, 0.15) is 0 Å². The number of carbonyl (C=O) groups is 1. The van der Waals surface area contributed by atoms with Gasteiger partial charge in [0.05, 0.1) is 12.7 Å². The number of anilines is 1. The molecule has 1 aromatic carbocycles. The molecule has 1 saturated carbocycles. The SMILES string of the molecule is COc1cc(-c2cccc(N(CCCCCc3cc(C(F)(F)F)ccn3)C(=O)C3CCC3)c2)ccn1. The van der Waals surface area contributed by atoms with Crippen LogP contribution in [0.3, 0.4) is 0 Å². The van der Waals surface area contributed by atoms with Crippen LogP contribution < -0.4 is 9.64 Å². The molecule has 190 valence electrons. The highest BCUT2D eigenvalue weighted by molar-refractivity contribution is 5.96. The zero-order valence-corrected chi connectivity index (χ0v) is 20.3. The molecule has 2 heterocycles. The third-order valence-electron chi connectivity index (χ3n) is 6.61. The third kappa shape index (κ3) is 6.42. The maximum absolute atomic E-state index is 13.3. The lowest BCUT2D eigenvalue weighted by atomic mass is 9.84. The number of pyridine rings is 2. The summed E-state index contributed by atoms with van der Waals surface area (Å²) in [5, 5.41) is 0. The van der Waals surface area contributed by atoms with E-state index in [0.717, 1.165) is 61.1 Å². The summed E-state index contributed by atoms with van der Waals surface area (Å²) in [6, 6.07) is 13.8. The highest BCUT2D eigenvalue weighted by Crippen LogP contribution is 2.33. The number of methoxy groups -OCH3 is 1. The normalized spacial score (nSPS) is 13.8. The van der Waals surface area contributed by atoms with Crippen LogP contribution in [0.1, 0.15) is 49.8 Å². The molecule has 3 aromatic rings. The van der Waals surface area contributed by atoms with Gasteiger partial charge in [0.2, 0.25) is 11.8 Å². The molecule has 0 bridgehead atoms. The van der Waals surface area contributed by atoms with E-state index in [2.05, 4.69) is 9.97 Å². The van der Waals surface area contributed by atoms with E-state index < -0.39 is 11.7 Å². The number of ether oxygens (including phenoxy) is 1. The van der Waals surface area contributed by atoms with Crippen molar-refractivity contribution < 1.29 is 22.7 Å². The van der Waals surface area contributed by atoms with E-state index in [4.69, 9.17) is 4.74 Å². The highest BCUT2D eigenvalue weighted by atomic mass is 19.4. The van der Waals surface area contributed by atoms with Crippen molar-refractivity contribution in [2.24, 2.45) is 5.92 Å². The van der Waals surface area contributed by atoms with Crippen LogP contribution in [0.15, 0.2) is 60.9 Å². The minimum atomic E-state index is -4.37. The quantitative estimate of drug-likeness (QED) is 0.292. The number of benzene rings is 1. The Morgan fingerprint density at radius 2 is 1.78 bits per heavy atom. The smallest absolute Gasteiger partial charge is 0.416 e. The molecule has 0 spiro atoms. The molecule has 0 aliphatic heterocycles. The minimum absolute atomic E-state index is 0.0592. The second-order valence-electron chi connectivity index (χ2n) is 9.10. The average molecular weight is 498 g/mol. The van der Waals surface area contributed by atoms with E-state index in [0.29, 0.717) is 31.0 Å². The van der Waals surface area contributed by atoms with E-state index >= 15 is 0 Å². The fourth-order valence-corrected chi connectivity index (χ4v) is 4.34. The van der Waals surface area contributed by atoms with Crippen molar-refractivity contribution in [1.82, 2.24) is 9.97 Å². The highest BCUT2D eigenvalue weighted by Gasteiger charge is 2.31. The molecule has 2 aromatic heterocycles. The molecule has 0 radical (unpaired) electrons. The molecule has 8 heteroatoms. The second-order valence-corrected chi connectivity index (χ2v) is 9.10. The zero-order chi connectivity index (χ0) is 25.5. The Labute approximate surface area is 209 Å². The zero-order valence-electron chi connectivity index (χ0n) is 20.3. The Hall–Kier alpha value is -3.42. The average Bonchev–Trinajstić information content (AvgIpc) is 2.85. The van der Waals surface area contributed by atoms with E-state index in [-0.39, 0.29) is 11.8 Å². The van der Waals surface area contributed by atoms with Gasteiger partial charge in [0, 0.05) is 42.3 Å². The fraction of sp³-hybridized carbons (Fsp3) is 0.393. The standard InChI is InChI=1S/C28H30F3N3O2/c1-36-26-18-22(12-14-33-26)21-9-6-11-25(17-21)34(27(35)20-7-5-8-20)16-4-2-3-10-24-19-23(13-15-32-24)28(29,30)31/h6,9,11-15,17-20H,2-5,7-8,10,16H2,1H3. The molecular formula is C28H30F3N3O2. The van der Waals surface area contributed by atoms with Crippen molar-refractivity contribution in [2.45, 2.75) is 51.1 Å². The van der Waals surface area contributed by atoms with Crippen LogP contribution in [0.25, 0.3) is 11.1 Å². The van der Waals surface area contributed by atoms with E-state index in [1.54, 1.807) is 13.3 Å². The van der Waals surface area contributed by atoms with Crippen molar-refractivity contribution >= 4 is 11.6 Å². The number of alkyl halides is 3. The van der Waals surface area contributed by atoms with Crippen LogP contribution in [0.2, 0.25) is 0 Å². The Balaban J connectivity index is 1.41.